The van der Waals surface area contributed by atoms with Crippen LogP contribution in [-0.4, -0.2) is 75.7 Å². The lowest BCUT2D eigenvalue weighted by Gasteiger charge is -2.42. The van der Waals surface area contributed by atoms with Gasteiger partial charge in [0.15, 0.2) is 0 Å². The SMILES string of the molecule is CCCC(C)N1CC=C[C@]23O[C@]4(CC)C=CCCOC(=O)[C@@H]4[C@H]2C(=O)N([C@H](CO)c2ccccc2)C3C1=O. The van der Waals surface area contributed by atoms with Gasteiger partial charge >= 0.3 is 5.97 Å². The fourth-order valence-electron chi connectivity index (χ4n) is 7.02. The first-order chi connectivity index (χ1) is 18.3. The van der Waals surface area contributed by atoms with Crippen LogP contribution < -0.4 is 0 Å². The van der Waals surface area contributed by atoms with E-state index in [4.69, 9.17) is 9.47 Å². The zero-order valence-corrected chi connectivity index (χ0v) is 22.4. The highest BCUT2D eigenvalue weighted by Gasteiger charge is 2.76. The monoisotopic (exact) mass is 522 g/mol. The Morgan fingerprint density at radius 2 is 1.82 bits per heavy atom. The van der Waals surface area contributed by atoms with Gasteiger partial charge in [-0.25, -0.2) is 0 Å². The van der Waals surface area contributed by atoms with Gasteiger partial charge in [-0.2, -0.15) is 0 Å². The highest BCUT2D eigenvalue weighted by Crippen LogP contribution is 2.59. The summed E-state index contributed by atoms with van der Waals surface area (Å²) in [5, 5.41) is 10.6. The van der Waals surface area contributed by atoms with E-state index < -0.39 is 41.1 Å². The topological polar surface area (TPSA) is 96.4 Å². The van der Waals surface area contributed by atoms with Crippen molar-refractivity contribution in [2.75, 3.05) is 19.8 Å². The summed E-state index contributed by atoms with van der Waals surface area (Å²) in [6.45, 7) is 6.27. The smallest absolute Gasteiger partial charge is 0.313 e. The summed E-state index contributed by atoms with van der Waals surface area (Å²) in [6, 6.07) is 7.38. The molecule has 5 rings (SSSR count). The summed E-state index contributed by atoms with van der Waals surface area (Å²) in [4.78, 5) is 45.9. The Bertz CT molecular complexity index is 1130. The molecule has 0 aromatic heterocycles. The minimum Gasteiger partial charge on any atom is -0.465 e. The quantitative estimate of drug-likeness (QED) is 0.437. The molecule has 0 saturated carbocycles. The molecule has 38 heavy (non-hydrogen) atoms. The highest BCUT2D eigenvalue weighted by molar-refractivity contribution is 5.99. The predicted octanol–water partition coefficient (Wildman–Crippen LogP) is 3.17. The number of benzene rings is 1. The molecule has 1 spiro atoms. The van der Waals surface area contributed by atoms with Gasteiger partial charge in [0.05, 0.1) is 25.2 Å². The maximum atomic E-state index is 14.5. The molecule has 2 saturated heterocycles. The van der Waals surface area contributed by atoms with Crippen molar-refractivity contribution in [1.82, 2.24) is 9.80 Å². The summed E-state index contributed by atoms with van der Waals surface area (Å²) < 4.78 is 12.5. The Hall–Kier alpha value is -2.97. The molecule has 8 nitrogen and oxygen atoms in total. The molecule has 1 N–H and O–H groups in total. The van der Waals surface area contributed by atoms with Gasteiger partial charge in [0.1, 0.15) is 23.2 Å². The Morgan fingerprint density at radius 1 is 1.05 bits per heavy atom. The van der Waals surface area contributed by atoms with Gasteiger partial charge in [-0.15, -0.1) is 0 Å². The van der Waals surface area contributed by atoms with Crippen LogP contribution in [-0.2, 0) is 23.9 Å². The van der Waals surface area contributed by atoms with E-state index in [9.17, 15) is 19.5 Å². The first-order valence-electron chi connectivity index (χ1n) is 13.9. The number of esters is 1. The van der Waals surface area contributed by atoms with Crippen molar-refractivity contribution in [2.45, 2.75) is 75.8 Å². The summed E-state index contributed by atoms with van der Waals surface area (Å²) >= 11 is 0. The maximum absolute atomic E-state index is 14.5. The number of aliphatic hydroxyl groups excluding tert-OH is 1. The third kappa shape index (κ3) is 3.92. The second kappa shape index (κ2) is 10.3. The van der Waals surface area contributed by atoms with Crippen LogP contribution in [0.25, 0.3) is 0 Å². The molecule has 0 radical (unpaired) electrons. The molecule has 8 heteroatoms. The standard InChI is InChI=1S/C30H38N2O6/c1-4-12-20(3)31-17-11-16-30-23(24-28(36)37-18-10-9-15-29(24,5-2)38-30)26(34)32(25(30)27(31)35)22(19-33)21-13-7-6-8-14-21/h6-9,11,13-16,20,22-25,33H,4-5,10,12,17-19H2,1-3H3/t20?,22-,23+,24+,25?,29-,30+/m1/s1. The Balaban J connectivity index is 1.71. The van der Waals surface area contributed by atoms with Crippen molar-refractivity contribution in [1.29, 1.82) is 0 Å². The highest BCUT2D eigenvalue weighted by atomic mass is 16.6. The van der Waals surface area contributed by atoms with Crippen molar-refractivity contribution < 1.29 is 29.0 Å². The van der Waals surface area contributed by atoms with E-state index >= 15 is 0 Å². The Labute approximate surface area is 224 Å². The van der Waals surface area contributed by atoms with Crippen molar-refractivity contribution in [3.8, 4) is 0 Å². The van der Waals surface area contributed by atoms with Gasteiger partial charge in [-0.3, -0.25) is 14.4 Å². The van der Waals surface area contributed by atoms with Gasteiger partial charge < -0.3 is 24.4 Å². The number of hydrogen-bond donors (Lipinski definition) is 1. The zero-order chi connectivity index (χ0) is 27.1. The summed E-state index contributed by atoms with van der Waals surface area (Å²) in [5.41, 5.74) is -1.72. The number of aliphatic hydroxyl groups is 1. The predicted molar refractivity (Wildman–Crippen MR) is 141 cm³/mol. The fourth-order valence-corrected chi connectivity index (χ4v) is 7.02. The number of likely N-dealkylation sites (tertiary alicyclic amines) is 1. The number of ether oxygens (including phenoxy) is 2. The van der Waals surface area contributed by atoms with Crippen molar-refractivity contribution in [3.05, 3.63) is 60.2 Å². The third-order valence-electron chi connectivity index (χ3n) is 8.80. The number of fused-ring (bicyclic) bond motifs is 2. The molecular formula is C30H38N2O6. The van der Waals surface area contributed by atoms with Crippen molar-refractivity contribution in [3.63, 3.8) is 0 Å². The normalized spacial score (nSPS) is 34.1. The number of rotatable bonds is 7. The Morgan fingerprint density at radius 3 is 2.50 bits per heavy atom. The molecule has 4 aliphatic rings. The summed E-state index contributed by atoms with van der Waals surface area (Å²) in [6.07, 6.45) is 10.3. The van der Waals surface area contributed by atoms with Gasteiger partial charge in [0.2, 0.25) is 11.8 Å². The zero-order valence-electron chi connectivity index (χ0n) is 22.4. The second-order valence-electron chi connectivity index (χ2n) is 10.9. The Kier molecular flexibility index (Phi) is 7.22. The lowest BCUT2D eigenvalue weighted by Crippen LogP contribution is -2.58. The molecule has 1 aromatic carbocycles. The molecule has 7 atom stereocenters. The van der Waals surface area contributed by atoms with Crippen LogP contribution in [0.15, 0.2) is 54.6 Å². The van der Waals surface area contributed by atoms with Crippen LogP contribution in [0.1, 0.15) is 58.1 Å². The van der Waals surface area contributed by atoms with Gasteiger partial charge in [-0.05, 0) is 31.7 Å². The first-order valence-corrected chi connectivity index (χ1v) is 13.9. The molecule has 4 heterocycles. The summed E-state index contributed by atoms with van der Waals surface area (Å²) in [5.74, 6) is -2.93. The van der Waals surface area contributed by atoms with E-state index in [0.29, 0.717) is 19.4 Å². The van der Waals surface area contributed by atoms with E-state index in [1.807, 2.05) is 68.5 Å². The number of cyclic esters (lactones) is 1. The minimum atomic E-state index is -1.37. The van der Waals surface area contributed by atoms with Crippen LogP contribution in [0.5, 0.6) is 0 Å². The van der Waals surface area contributed by atoms with Crippen LogP contribution in [0.2, 0.25) is 0 Å². The lowest BCUT2D eigenvalue weighted by molar-refractivity contribution is -0.164. The molecule has 1 aromatic rings. The molecular weight excluding hydrogens is 484 g/mol. The minimum absolute atomic E-state index is 0.0484. The van der Waals surface area contributed by atoms with Crippen LogP contribution in [0.3, 0.4) is 0 Å². The van der Waals surface area contributed by atoms with Crippen LogP contribution in [0, 0.1) is 11.8 Å². The number of nitrogens with zero attached hydrogens (tertiary/aromatic N) is 2. The van der Waals surface area contributed by atoms with Crippen LogP contribution in [0.4, 0.5) is 0 Å². The average Bonchev–Trinajstić information content (AvgIpc) is 3.26. The van der Waals surface area contributed by atoms with Crippen molar-refractivity contribution >= 4 is 17.8 Å². The molecule has 2 amide bonds. The molecule has 0 aliphatic carbocycles. The molecule has 2 fully saturated rings. The average molecular weight is 523 g/mol. The first kappa shape index (κ1) is 26.6. The molecule has 4 aliphatic heterocycles. The number of hydrogen-bond acceptors (Lipinski definition) is 6. The van der Waals surface area contributed by atoms with E-state index in [2.05, 4.69) is 6.92 Å². The van der Waals surface area contributed by atoms with Crippen molar-refractivity contribution in [2.24, 2.45) is 11.8 Å². The van der Waals surface area contributed by atoms with E-state index in [1.165, 1.54) is 4.90 Å². The van der Waals surface area contributed by atoms with E-state index in [-0.39, 0.29) is 31.1 Å². The van der Waals surface area contributed by atoms with E-state index in [0.717, 1.165) is 18.4 Å². The lowest BCUT2D eigenvalue weighted by atomic mass is 9.73. The fraction of sp³-hybridized carbons (Fsp3) is 0.567. The third-order valence-corrected chi connectivity index (χ3v) is 8.80. The van der Waals surface area contributed by atoms with E-state index in [1.54, 1.807) is 4.90 Å². The number of carbonyl (C=O) groups excluding carboxylic acids is 3. The number of amides is 2. The summed E-state index contributed by atoms with van der Waals surface area (Å²) in [7, 11) is 0. The molecule has 204 valence electrons. The molecule has 2 unspecified atom stereocenters. The largest absolute Gasteiger partial charge is 0.465 e. The number of carbonyl (C=O) groups is 3. The molecule has 0 bridgehead atoms. The second-order valence-corrected chi connectivity index (χ2v) is 10.9. The maximum Gasteiger partial charge on any atom is 0.313 e. The van der Waals surface area contributed by atoms with Gasteiger partial charge in [-0.1, -0.05) is 74.9 Å². The van der Waals surface area contributed by atoms with Gasteiger partial charge in [0.25, 0.3) is 0 Å². The van der Waals surface area contributed by atoms with Crippen LogP contribution >= 0.6 is 0 Å². The van der Waals surface area contributed by atoms with Gasteiger partial charge in [0, 0.05) is 12.6 Å².